The van der Waals surface area contributed by atoms with E-state index in [4.69, 9.17) is 15.9 Å². The quantitative estimate of drug-likeness (QED) is 0.422. The fraction of sp³-hybridized carbons (Fsp3) is 0.867. The number of esters is 1. The predicted molar refractivity (Wildman–Crippen MR) is 85.6 cm³/mol. The highest BCUT2D eigenvalue weighted by Crippen LogP contribution is 2.30. The van der Waals surface area contributed by atoms with Crippen molar-refractivity contribution in [3.8, 4) is 0 Å². The third kappa shape index (κ3) is 6.12. The van der Waals surface area contributed by atoms with Crippen LogP contribution in [0.2, 0.25) is 0 Å². The van der Waals surface area contributed by atoms with E-state index in [-0.39, 0.29) is 36.4 Å². The molecule has 2 aliphatic rings. The lowest BCUT2D eigenvalue weighted by Crippen LogP contribution is -2.36. The molecule has 0 aromatic carbocycles. The molecule has 0 amide bonds. The van der Waals surface area contributed by atoms with Gasteiger partial charge in [-0.2, -0.15) is 0 Å². The van der Waals surface area contributed by atoms with Crippen molar-refractivity contribution in [3.05, 3.63) is 0 Å². The number of hydrogen-bond acceptors (Lipinski definition) is 3. The standard InChI is InChI=1S/C15H27N3O2.ClH/c16-15(17)18-10-11-6-8-12(9-7-11)14(19)20-13-4-2-1-3-5-13;/h11-13H,1-10H2,(H4,16,17,18);1H/t11-,12-;. The van der Waals surface area contributed by atoms with Crippen LogP contribution in [-0.4, -0.2) is 24.6 Å². The maximum atomic E-state index is 12.1. The van der Waals surface area contributed by atoms with Crippen LogP contribution in [0.1, 0.15) is 57.8 Å². The molecule has 0 saturated heterocycles. The molecule has 2 rings (SSSR count). The molecule has 2 aliphatic carbocycles. The minimum absolute atomic E-state index is 0. The normalized spacial score (nSPS) is 26.5. The van der Waals surface area contributed by atoms with E-state index >= 15 is 0 Å². The van der Waals surface area contributed by atoms with Gasteiger partial charge in [0.15, 0.2) is 5.96 Å². The topological polar surface area (TPSA) is 88.2 Å². The summed E-state index contributed by atoms with van der Waals surface area (Å²) in [6, 6.07) is 0. The van der Waals surface area contributed by atoms with Crippen molar-refractivity contribution < 1.29 is 9.53 Å². The second kappa shape index (κ2) is 9.13. The second-order valence-electron chi connectivity index (χ2n) is 6.21. The second-order valence-corrected chi connectivity index (χ2v) is 6.21. The van der Waals surface area contributed by atoms with Gasteiger partial charge in [-0.05, 0) is 57.3 Å². The molecule has 5 nitrogen and oxygen atoms in total. The Morgan fingerprint density at radius 3 is 2.29 bits per heavy atom. The summed E-state index contributed by atoms with van der Waals surface area (Å²) < 4.78 is 5.66. The van der Waals surface area contributed by atoms with E-state index in [9.17, 15) is 4.79 Å². The first-order valence-electron chi connectivity index (χ1n) is 7.93. The number of carbonyl (C=O) groups excluding carboxylic acids is 1. The lowest BCUT2D eigenvalue weighted by molar-refractivity contribution is -0.157. The van der Waals surface area contributed by atoms with E-state index in [0.29, 0.717) is 5.92 Å². The fourth-order valence-corrected chi connectivity index (χ4v) is 3.30. The number of halogens is 1. The number of ether oxygens (including phenoxy) is 1. The minimum Gasteiger partial charge on any atom is -0.462 e. The van der Waals surface area contributed by atoms with E-state index in [1.165, 1.54) is 19.3 Å². The molecule has 21 heavy (non-hydrogen) atoms. The lowest BCUT2D eigenvalue weighted by Gasteiger charge is -2.29. The number of hydrogen-bond donors (Lipinski definition) is 3. The largest absolute Gasteiger partial charge is 0.462 e. The zero-order valence-corrected chi connectivity index (χ0v) is 13.4. The predicted octanol–water partition coefficient (Wildman–Crippen LogP) is 2.57. The van der Waals surface area contributed by atoms with Crippen molar-refractivity contribution in [2.24, 2.45) is 17.6 Å². The fourth-order valence-electron chi connectivity index (χ4n) is 3.30. The van der Waals surface area contributed by atoms with Gasteiger partial charge in [0.2, 0.25) is 0 Å². The molecular formula is C15H28ClN3O2. The van der Waals surface area contributed by atoms with Crippen molar-refractivity contribution in [2.75, 3.05) is 6.54 Å². The molecule has 6 heteroatoms. The summed E-state index contributed by atoms with van der Waals surface area (Å²) in [6.07, 6.45) is 9.80. The van der Waals surface area contributed by atoms with E-state index in [2.05, 4.69) is 5.32 Å². The number of nitrogens with two attached hydrogens (primary N) is 1. The average molecular weight is 318 g/mol. The van der Waals surface area contributed by atoms with E-state index in [1.54, 1.807) is 0 Å². The Balaban J connectivity index is 0.00000220. The average Bonchev–Trinajstić information content (AvgIpc) is 2.46. The van der Waals surface area contributed by atoms with Gasteiger partial charge in [0.05, 0.1) is 5.92 Å². The number of guanidine groups is 1. The van der Waals surface area contributed by atoms with Crippen LogP contribution in [0, 0.1) is 17.2 Å². The molecule has 0 aromatic rings. The monoisotopic (exact) mass is 317 g/mol. The van der Waals surface area contributed by atoms with Crippen molar-refractivity contribution in [2.45, 2.75) is 63.9 Å². The zero-order chi connectivity index (χ0) is 14.4. The first kappa shape index (κ1) is 18.1. The van der Waals surface area contributed by atoms with E-state index in [0.717, 1.165) is 45.1 Å². The Kier molecular flexibility index (Phi) is 7.86. The first-order chi connectivity index (χ1) is 9.65. The molecular weight excluding hydrogens is 290 g/mol. The van der Waals surface area contributed by atoms with Crippen LogP contribution in [0.3, 0.4) is 0 Å². The summed E-state index contributed by atoms with van der Waals surface area (Å²) in [5.41, 5.74) is 5.29. The molecule has 0 aromatic heterocycles. The molecule has 0 heterocycles. The molecule has 0 unspecified atom stereocenters. The zero-order valence-electron chi connectivity index (χ0n) is 12.6. The summed E-state index contributed by atoms with van der Waals surface area (Å²) >= 11 is 0. The highest BCUT2D eigenvalue weighted by atomic mass is 35.5. The minimum atomic E-state index is 0. The summed E-state index contributed by atoms with van der Waals surface area (Å²) in [5, 5.41) is 10.0. The number of carbonyl (C=O) groups is 1. The molecule has 2 fully saturated rings. The van der Waals surface area contributed by atoms with Gasteiger partial charge in [0.1, 0.15) is 6.10 Å². The molecule has 0 spiro atoms. The van der Waals surface area contributed by atoms with Crippen LogP contribution >= 0.6 is 12.4 Å². The van der Waals surface area contributed by atoms with E-state index in [1.807, 2.05) is 0 Å². The summed E-state index contributed by atoms with van der Waals surface area (Å²) in [7, 11) is 0. The van der Waals surface area contributed by atoms with Gasteiger partial charge in [-0.25, -0.2) is 0 Å². The van der Waals surface area contributed by atoms with Crippen LogP contribution in [0.4, 0.5) is 0 Å². The first-order valence-corrected chi connectivity index (χ1v) is 7.93. The van der Waals surface area contributed by atoms with Gasteiger partial charge in [-0.3, -0.25) is 10.2 Å². The molecule has 0 atom stereocenters. The van der Waals surface area contributed by atoms with Gasteiger partial charge in [0, 0.05) is 6.54 Å². The Morgan fingerprint density at radius 2 is 1.71 bits per heavy atom. The van der Waals surface area contributed by atoms with Crippen LogP contribution < -0.4 is 11.1 Å². The third-order valence-corrected chi connectivity index (χ3v) is 4.60. The highest BCUT2D eigenvalue weighted by molar-refractivity contribution is 5.85. The van der Waals surface area contributed by atoms with Gasteiger partial charge >= 0.3 is 5.97 Å². The Labute approximate surface area is 133 Å². The van der Waals surface area contributed by atoms with Gasteiger partial charge in [-0.15, -0.1) is 12.4 Å². The molecule has 0 aliphatic heterocycles. The molecule has 0 bridgehead atoms. The summed E-state index contributed by atoms with van der Waals surface area (Å²) in [6.45, 7) is 0.750. The summed E-state index contributed by atoms with van der Waals surface area (Å²) in [5.74, 6) is 0.668. The molecule has 122 valence electrons. The van der Waals surface area contributed by atoms with Crippen LogP contribution in [-0.2, 0) is 9.53 Å². The van der Waals surface area contributed by atoms with Crippen molar-refractivity contribution >= 4 is 24.3 Å². The maximum absolute atomic E-state index is 12.1. The Morgan fingerprint density at radius 1 is 1.10 bits per heavy atom. The maximum Gasteiger partial charge on any atom is 0.309 e. The smallest absolute Gasteiger partial charge is 0.309 e. The Hall–Kier alpha value is -0.970. The Bertz CT molecular complexity index is 338. The molecule has 2 saturated carbocycles. The third-order valence-electron chi connectivity index (χ3n) is 4.60. The van der Waals surface area contributed by atoms with E-state index < -0.39 is 0 Å². The molecule has 4 N–H and O–H groups in total. The number of rotatable bonds is 4. The van der Waals surface area contributed by atoms with Gasteiger partial charge in [-0.1, -0.05) is 6.42 Å². The SMILES string of the molecule is Cl.N=C(N)NC[C@H]1CC[C@H](C(=O)OC2CCCCC2)CC1. The van der Waals surface area contributed by atoms with Gasteiger partial charge < -0.3 is 15.8 Å². The lowest BCUT2D eigenvalue weighted by atomic mass is 9.82. The van der Waals surface area contributed by atoms with Crippen molar-refractivity contribution in [3.63, 3.8) is 0 Å². The summed E-state index contributed by atoms with van der Waals surface area (Å²) in [4.78, 5) is 12.1. The highest BCUT2D eigenvalue weighted by Gasteiger charge is 2.29. The van der Waals surface area contributed by atoms with Crippen LogP contribution in [0.5, 0.6) is 0 Å². The van der Waals surface area contributed by atoms with Crippen molar-refractivity contribution in [1.82, 2.24) is 5.32 Å². The number of nitrogens with one attached hydrogen (secondary N) is 2. The van der Waals surface area contributed by atoms with Crippen LogP contribution in [0.25, 0.3) is 0 Å². The molecule has 0 radical (unpaired) electrons. The van der Waals surface area contributed by atoms with Crippen molar-refractivity contribution in [1.29, 1.82) is 5.41 Å². The van der Waals surface area contributed by atoms with Gasteiger partial charge in [0.25, 0.3) is 0 Å². The van der Waals surface area contributed by atoms with Crippen LogP contribution in [0.15, 0.2) is 0 Å².